The second kappa shape index (κ2) is 5.89. The number of hydrogen-bond donors (Lipinski definition) is 0. The van der Waals surface area contributed by atoms with E-state index in [1.807, 2.05) is 36.4 Å². The van der Waals surface area contributed by atoms with Crippen LogP contribution in [0.5, 0.6) is 11.5 Å². The molecule has 3 aromatic rings. The van der Waals surface area contributed by atoms with Crippen LogP contribution in [0.3, 0.4) is 0 Å². The highest BCUT2D eigenvalue weighted by Crippen LogP contribution is 2.27. The molecular formula is C17H16N2O3. The summed E-state index contributed by atoms with van der Waals surface area (Å²) in [4.78, 5) is 16.8. The zero-order valence-corrected chi connectivity index (χ0v) is 12.4. The number of nitrogens with zero attached hydrogens (tertiary/aromatic N) is 2. The summed E-state index contributed by atoms with van der Waals surface area (Å²) >= 11 is 0. The van der Waals surface area contributed by atoms with Gasteiger partial charge in [-0.3, -0.25) is 9.36 Å². The maximum absolute atomic E-state index is 12.5. The maximum atomic E-state index is 12.5. The first-order valence-electron chi connectivity index (χ1n) is 6.88. The van der Waals surface area contributed by atoms with Gasteiger partial charge >= 0.3 is 0 Å². The molecule has 112 valence electrons. The molecule has 0 aliphatic rings. The molecule has 0 fully saturated rings. The van der Waals surface area contributed by atoms with Crippen molar-refractivity contribution in [3.63, 3.8) is 0 Å². The van der Waals surface area contributed by atoms with Crippen molar-refractivity contribution in [3.8, 4) is 11.5 Å². The van der Waals surface area contributed by atoms with Crippen LogP contribution in [0.25, 0.3) is 10.9 Å². The Balaban J connectivity index is 2.00. The molecule has 0 spiro atoms. The van der Waals surface area contributed by atoms with Crippen molar-refractivity contribution in [1.82, 2.24) is 9.55 Å². The third-order valence-electron chi connectivity index (χ3n) is 3.53. The van der Waals surface area contributed by atoms with Gasteiger partial charge in [-0.2, -0.15) is 0 Å². The summed E-state index contributed by atoms with van der Waals surface area (Å²) in [5.41, 5.74) is 1.59. The third kappa shape index (κ3) is 2.53. The summed E-state index contributed by atoms with van der Waals surface area (Å²) in [5, 5.41) is 0.616. The van der Waals surface area contributed by atoms with Gasteiger partial charge in [0.1, 0.15) is 0 Å². The Morgan fingerprint density at radius 3 is 2.59 bits per heavy atom. The molecule has 0 aliphatic heterocycles. The zero-order chi connectivity index (χ0) is 15.5. The van der Waals surface area contributed by atoms with Crippen LogP contribution in [0, 0.1) is 0 Å². The van der Waals surface area contributed by atoms with E-state index in [9.17, 15) is 4.79 Å². The topological polar surface area (TPSA) is 53.4 Å². The van der Waals surface area contributed by atoms with Gasteiger partial charge in [-0.05, 0) is 29.8 Å². The summed E-state index contributed by atoms with van der Waals surface area (Å²) in [7, 11) is 3.18. The van der Waals surface area contributed by atoms with Crippen molar-refractivity contribution >= 4 is 10.9 Å². The lowest BCUT2D eigenvalue weighted by Gasteiger charge is -2.11. The second-order valence-corrected chi connectivity index (χ2v) is 4.88. The Kier molecular flexibility index (Phi) is 3.78. The number of fused-ring (bicyclic) bond motifs is 1. The Morgan fingerprint density at radius 1 is 1.05 bits per heavy atom. The highest BCUT2D eigenvalue weighted by Gasteiger charge is 2.07. The fraction of sp³-hybridized carbons (Fsp3) is 0.176. The lowest BCUT2D eigenvalue weighted by Crippen LogP contribution is -2.21. The SMILES string of the molecule is COc1ccc(Cn2cnc3ccccc3c2=O)cc1OC. The normalized spacial score (nSPS) is 10.6. The molecule has 0 unspecified atom stereocenters. The third-order valence-corrected chi connectivity index (χ3v) is 3.53. The van der Waals surface area contributed by atoms with E-state index in [1.165, 1.54) is 0 Å². The van der Waals surface area contributed by atoms with E-state index >= 15 is 0 Å². The van der Waals surface area contributed by atoms with E-state index in [0.29, 0.717) is 28.9 Å². The van der Waals surface area contributed by atoms with E-state index in [1.54, 1.807) is 31.2 Å². The van der Waals surface area contributed by atoms with Gasteiger partial charge in [-0.15, -0.1) is 0 Å². The minimum atomic E-state index is -0.0552. The van der Waals surface area contributed by atoms with Crippen LogP contribution in [0.15, 0.2) is 53.6 Å². The van der Waals surface area contributed by atoms with Gasteiger partial charge in [0.05, 0.1) is 38.0 Å². The van der Waals surface area contributed by atoms with Crippen LogP contribution in [-0.2, 0) is 6.54 Å². The smallest absolute Gasteiger partial charge is 0.261 e. The lowest BCUT2D eigenvalue weighted by molar-refractivity contribution is 0.354. The summed E-state index contributed by atoms with van der Waals surface area (Å²) in [6, 6.07) is 12.9. The lowest BCUT2D eigenvalue weighted by atomic mass is 10.2. The van der Waals surface area contributed by atoms with Gasteiger partial charge in [0.15, 0.2) is 11.5 Å². The molecule has 1 aromatic heterocycles. The number of para-hydroxylation sites is 1. The number of methoxy groups -OCH3 is 2. The molecule has 1 heterocycles. The molecule has 0 saturated carbocycles. The first-order valence-corrected chi connectivity index (χ1v) is 6.88. The number of ether oxygens (including phenoxy) is 2. The Labute approximate surface area is 127 Å². The fourth-order valence-corrected chi connectivity index (χ4v) is 2.39. The number of benzene rings is 2. The zero-order valence-electron chi connectivity index (χ0n) is 12.4. The molecule has 0 amide bonds. The summed E-state index contributed by atoms with van der Waals surface area (Å²) in [6.45, 7) is 0.428. The summed E-state index contributed by atoms with van der Waals surface area (Å²) < 4.78 is 12.1. The first-order chi connectivity index (χ1) is 10.7. The Bertz CT molecular complexity index is 871. The minimum Gasteiger partial charge on any atom is -0.493 e. The Morgan fingerprint density at radius 2 is 1.82 bits per heavy atom. The highest BCUT2D eigenvalue weighted by atomic mass is 16.5. The molecule has 0 saturated heterocycles. The number of rotatable bonds is 4. The van der Waals surface area contributed by atoms with Gasteiger partial charge in [0.2, 0.25) is 0 Å². The van der Waals surface area contributed by atoms with Crippen molar-refractivity contribution in [3.05, 3.63) is 64.7 Å². The van der Waals surface area contributed by atoms with Crippen LogP contribution in [0.1, 0.15) is 5.56 Å². The van der Waals surface area contributed by atoms with Crippen LogP contribution in [0.2, 0.25) is 0 Å². The van der Waals surface area contributed by atoms with Gasteiger partial charge in [0.25, 0.3) is 5.56 Å². The van der Waals surface area contributed by atoms with Crippen LogP contribution < -0.4 is 15.0 Å². The predicted molar refractivity (Wildman–Crippen MR) is 84.7 cm³/mol. The van der Waals surface area contributed by atoms with E-state index in [0.717, 1.165) is 5.56 Å². The van der Waals surface area contributed by atoms with Crippen molar-refractivity contribution in [2.75, 3.05) is 14.2 Å². The molecule has 0 N–H and O–H groups in total. The van der Waals surface area contributed by atoms with Gasteiger partial charge in [-0.25, -0.2) is 4.98 Å². The molecule has 3 rings (SSSR count). The number of hydrogen-bond acceptors (Lipinski definition) is 4. The van der Waals surface area contributed by atoms with Crippen molar-refractivity contribution in [2.24, 2.45) is 0 Å². The molecule has 5 heteroatoms. The van der Waals surface area contributed by atoms with Gasteiger partial charge in [-0.1, -0.05) is 18.2 Å². The first kappa shape index (κ1) is 14.1. The molecule has 22 heavy (non-hydrogen) atoms. The van der Waals surface area contributed by atoms with Crippen LogP contribution in [0.4, 0.5) is 0 Å². The largest absolute Gasteiger partial charge is 0.493 e. The number of aromatic nitrogens is 2. The van der Waals surface area contributed by atoms with E-state index in [-0.39, 0.29) is 5.56 Å². The quantitative estimate of drug-likeness (QED) is 0.742. The molecular weight excluding hydrogens is 280 g/mol. The molecule has 5 nitrogen and oxygen atoms in total. The molecule has 0 bridgehead atoms. The second-order valence-electron chi connectivity index (χ2n) is 4.88. The fourth-order valence-electron chi connectivity index (χ4n) is 2.39. The average molecular weight is 296 g/mol. The minimum absolute atomic E-state index is 0.0552. The molecule has 0 radical (unpaired) electrons. The van der Waals surface area contributed by atoms with Crippen molar-refractivity contribution in [1.29, 1.82) is 0 Å². The molecule has 0 aliphatic carbocycles. The van der Waals surface area contributed by atoms with Gasteiger partial charge in [0, 0.05) is 0 Å². The van der Waals surface area contributed by atoms with Crippen molar-refractivity contribution in [2.45, 2.75) is 6.54 Å². The van der Waals surface area contributed by atoms with Crippen molar-refractivity contribution < 1.29 is 9.47 Å². The molecule has 2 aromatic carbocycles. The Hall–Kier alpha value is -2.82. The summed E-state index contributed by atoms with van der Waals surface area (Å²) in [6.07, 6.45) is 1.57. The van der Waals surface area contributed by atoms with E-state index in [2.05, 4.69) is 4.98 Å². The van der Waals surface area contributed by atoms with Crippen LogP contribution in [-0.4, -0.2) is 23.8 Å². The summed E-state index contributed by atoms with van der Waals surface area (Å²) in [5.74, 6) is 1.30. The van der Waals surface area contributed by atoms with Crippen LogP contribution >= 0.6 is 0 Å². The van der Waals surface area contributed by atoms with E-state index in [4.69, 9.17) is 9.47 Å². The monoisotopic (exact) mass is 296 g/mol. The van der Waals surface area contributed by atoms with Gasteiger partial charge < -0.3 is 9.47 Å². The predicted octanol–water partition coefficient (Wildman–Crippen LogP) is 2.46. The van der Waals surface area contributed by atoms with E-state index < -0.39 is 0 Å². The standard InChI is InChI=1S/C17H16N2O3/c1-21-15-8-7-12(9-16(15)22-2)10-19-11-18-14-6-4-3-5-13(14)17(19)20/h3-9,11H,10H2,1-2H3. The highest BCUT2D eigenvalue weighted by molar-refractivity contribution is 5.76. The maximum Gasteiger partial charge on any atom is 0.261 e. The molecule has 0 atom stereocenters. The average Bonchev–Trinajstić information content (AvgIpc) is 2.57.